The van der Waals surface area contributed by atoms with E-state index in [1.54, 1.807) is 0 Å². The summed E-state index contributed by atoms with van der Waals surface area (Å²) in [5.74, 6) is -0.201. The van der Waals surface area contributed by atoms with Crippen molar-refractivity contribution < 1.29 is 9.53 Å². The van der Waals surface area contributed by atoms with Gasteiger partial charge in [-0.3, -0.25) is 9.69 Å². The normalized spacial score (nSPS) is 16.1. The molecule has 7 heteroatoms. The van der Waals surface area contributed by atoms with Crippen molar-refractivity contribution in [3.05, 3.63) is 29.8 Å². The third-order valence-electron chi connectivity index (χ3n) is 3.57. The van der Waals surface area contributed by atoms with E-state index in [0.717, 1.165) is 44.1 Å². The van der Waals surface area contributed by atoms with Gasteiger partial charge in [0.05, 0.1) is 13.2 Å². The Balaban J connectivity index is 0.00000220. The lowest BCUT2D eigenvalue weighted by Crippen LogP contribution is -2.36. The van der Waals surface area contributed by atoms with Gasteiger partial charge in [-0.15, -0.1) is 24.8 Å². The minimum atomic E-state index is -0.175. The Labute approximate surface area is 144 Å². The second-order valence-electron chi connectivity index (χ2n) is 5.17. The van der Waals surface area contributed by atoms with Crippen molar-refractivity contribution in [1.82, 2.24) is 4.90 Å². The molecule has 1 aromatic rings. The molecule has 1 aromatic carbocycles. The first-order valence-corrected chi connectivity index (χ1v) is 7.09. The summed E-state index contributed by atoms with van der Waals surface area (Å²) in [4.78, 5) is 14.3. The molecule has 1 unspecified atom stereocenters. The Morgan fingerprint density at radius 3 is 2.59 bits per heavy atom. The first kappa shape index (κ1) is 21.1. The standard InChI is InChI=1S/C15H23N3O2.2ClH/c1-12(10-16)15(19)17-14-5-3-2-4-13(14)11-18-6-8-20-9-7-18;;/h2-5,12H,6-11,16H2,1H3,(H,17,19);2*1H. The number of nitrogens with two attached hydrogens (primary N) is 1. The maximum absolute atomic E-state index is 12.0. The van der Waals surface area contributed by atoms with E-state index >= 15 is 0 Å². The van der Waals surface area contributed by atoms with Gasteiger partial charge >= 0.3 is 0 Å². The number of rotatable bonds is 5. The zero-order valence-electron chi connectivity index (χ0n) is 12.8. The third kappa shape index (κ3) is 6.10. The van der Waals surface area contributed by atoms with Crippen LogP contribution in [0.15, 0.2) is 24.3 Å². The minimum Gasteiger partial charge on any atom is -0.379 e. The van der Waals surface area contributed by atoms with Gasteiger partial charge in [0.15, 0.2) is 0 Å². The Morgan fingerprint density at radius 2 is 1.95 bits per heavy atom. The first-order valence-electron chi connectivity index (χ1n) is 7.09. The average Bonchev–Trinajstić information content (AvgIpc) is 2.49. The predicted molar refractivity (Wildman–Crippen MR) is 93.9 cm³/mol. The summed E-state index contributed by atoms with van der Waals surface area (Å²) < 4.78 is 5.35. The number of halogens is 2. The third-order valence-corrected chi connectivity index (χ3v) is 3.57. The number of hydrogen-bond donors (Lipinski definition) is 2. The van der Waals surface area contributed by atoms with Crippen LogP contribution in [-0.4, -0.2) is 43.7 Å². The van der Waals surface area contributed by atoms with Crippen LogP contribution in [0.5, 0.6) is 0 Å². The van der Waals surface area contributed by atoms with Gasteiger partial charge < -0.3 is 15.8 Å². The SMILES string of the molecule is CC(CN)C(=O)Nc1ccccc1CN1CCOCC1.Cl.Cl. The Kier molecular flexibility index (Phi) is 10.4. The molecule has 0 aliphatic carbocycles. The topological polar surface area (TPSA) is 67.6 Å². The zero-order chi connectivity index (χ0) is 14.4. The molecule has 1 amide bonds. The van der Waals surface area contributed by atoms with Gasteiger partial charge in [-0.05, 0) is 11.6 Å². The molecule has 1 fully saturated rings. The van der Waals surface area contributed by atoms with Crippen LogP contribution >= 0.6 is 24.8 Å². The van der Waals surface area contributed by atoms with Crippen LogP contribution in [0, 0.1) is 5.92 Å². The lowest BCUT2D eigenvalue weighted by molar-refractivity contribution is -0.119. The molecule has 0 aromatic heterocycles. The van der Waals surface area contributed by atoms with Crippen molar-refractivity contribution >= 4 is 36.4 Å². The lowest BCUT2D eigenvalue weighted by atomic mass is 10.1. The Bertz CT molecular complexity index is 454. The van der Waals surface area contributed by atoms with Crippen LogP contribution in [0.3, 0.4) is 0 Å². The van der Waals surface area contributed by atoms with Gasteiger partial charge in [0.2, 0.25) is 5.91 Å². The van der Waals surface area contributed by atoms with Crippen molar-refractivity contribution in [1.29, 1.82) is 0 Å². The number of nitrogens with one attached hydrogen (secondary N) is 1. The van der Waals surface area contributed by atoms with Gasteiger partial charge in [-0.1, -0.05) is 25.1 Å². The maximum atomic E-state index is 12.0. The quantitative estimate of drug-likeness (QED) is 0.851. The monoisotopic (exact) mass is 349 g/mol. The molecule has 1 aliphatic heterocycles. The first-order chi connectivity index (χ1) is 9.70. The van der Waals surface area contributed by atoms with Gasteiger partial charge in [0, 0.05) is 37.8 Å². The largest absolute Gasteiger partial charge is 0.379 e. The number of benzene rings is 1. The molecule has 3 N–H and O–H groups in total. The van der Waals surface area contributed by atoms with Crippen LogP contribution in [-0.2, 0) is 16.1 Å². The van der Waals surface area contributed by atoms with E-state index in [2.05, 4.69) is 16.3 Å². The number of carbonyl (C=O) groups is 1. The fraction of sp³-hybridized carbons (Fsp3) is 0.533. The Hall–Kier alpha value is -0.850. The second kappa shape index (κ2) is 10.8. The zero-order valence-corrected chi connectivity index (χ0v) is 14.4. The number of ether oxygens (including phenoxy) is 1. The van der Waals surface area contributed by atoms with Gasteiger partial charge in [0.1, 0.15) is 0 Å². The molecular weight excluding hydrogens is 325 g/mol. The highest BCUT2D eigenvalue weighted by Crippen LogP contribution is 2.18. The summed E-state index contributed by atoms with van der Waals surface area (Å²) in [6.45, 7) is 6.44. The van der Waals surface area contributed by atoms with Crippen LogP contribution < -0.4 is 11.1 Å². The molecule has 0 bridgehead atoms. The van der Waals surface area contributed by atoms with E-state index < -0.39 is 0 Å². The van der Waals surface area contributed by atoms with Crippen LogP contribution in [0.25, 0.3) is 0 Å². The highest BCUT2D eigenvalue weighted by molar-refractivity contribution is 5.93. The number of carbonyl (C=O) groups excluding carboxylic acids is 1. The van der Waals surface area contributed by atoms with E-state index in [-0.39, 0.29) is 36.6 Å². The molecule has 2 rings (SSSR count). The number of nitrogens with zero attached hydrogens (tertiary/aromatic N) is 1. The van der Waals surface area contributed by atoms with E-state index in [9.17, 15) is 4.79 Å². The molecule has 1 saturated heterocycles. The molecule has 1 aliphatic rings. The summed E-state index contributed by atoms with van der Waals surface area (Å²) in [5, 5.41) is 2.97. The molecule has 0 spiro atoms. The molecule has 0 radical (unpaired) electrons. The minimum absolute atomic E-state index is 0. The average molecular weight is 350 g/mol. The Morgan fingerprint density at radius 1 is 1.32 bits per heavy atom. The van der Waals surface area contributed by atoms with E-state index in [1.165, 1.54) is 0 Å². The summed E-state index contributed by atoms with van der Waals surface area (Å²) in [5.41, 5.74) is 7.54. The van der Waals surface area contributed by atoms with E-state index in [1.807, 2.05) is 25.1 Å². The fourth-order valence-electron chi connectivity index (χ4n) is 2.14. The maximum Gasteiger partial charge on any atom is 0.228 e. The molecule has 0 saturated carbocycles. The molecule has 1 heterocycles. The molecule has 126 valence electrons. The van der Waals surface area contributed by atoms with Crippen molar-refractivity contribution in [3.8, 4) is 0 Å². The number of hydrogen-bond acceptors (Lipinski definition) is 4. The van der Waals surface area contributed by atoms with Crippen LogP contribution in [0.4, 0.5) is 5.69 Å². The summed E-state index contributed by atoms with van der Waals surface area (Å²) in [6.07, 6.45) is 0. The van der Waals surface area contributed by atoms with E-state index in [0.29, 0.717) is 6.54 Å². The molecule has 22 heavy (non-hydrogen) atoms. The summed E-state index contributed by atoms with van der Waals surface area (Å²) >= 11 is 0. The van der Waals surface area contributed by atoms with Crippen LogP contribution in [0.2, 0.25) is 0 Å². The highest BCUT2D eigenvalue weighted by Gasteiger charge is 2.15. The second-order valence-corrected chi connectivity index (χ2v) is 5.17. The molecule has 1 atom stereocenters. The van der Waals surface area contributed by atoms with Gasteiger partial charge in [-0.2, -0.15) is 0 Å². The van der Waals surface area contributed by atoms with Crippen molar-refractivity contribution in [3.63, 3.8) is 0 Å². The smallest absolute Gasteiger partial charge is 0.228 e. The van der Waals surface area contributed by atoms with Crippen LogP contribution in [0.1, 0.15) is 12.5 Å². The summed E-state index contributed by atoms with van der Waals surface area (Å²) in [6, 6.07) is 7.93. The number of anilines is 1. The fourth-order valence-corrected chi connectivity index (χ4v) is 2.14. The van der Waals surface area contributed by atoms with Crippen molar-refractivity contribution in [2.24, 2.45) is 11.7 Å². The van der Waals surface area contributed by atoms with Crippen molar-refractivity contribution in [2.75, 3.05) is 38.2 Å². The lowest BCUT2D eigenvalue weighted by Gasteiger charge is -2.27. The molecular formula is C15H25Cl2N3O2. The highest BCUT2D eigenvalue weighted by atomic mass is 35.5. The predicted octanol–water partition coefficient (Wildman–Crippen LogP) is 1.90. The number of para-hydroxylation sites is 1. The van der Waals surface area contributed by atoms with E-state index in [4.69, 9.17) is 10.5 Å². The number of morpholine rings is 1. The number of amides is 1. The van der Waals surface area contributed by atoms with Gasteiger partial charge in [0.25, 0.3) is 0 Å². The molecule has 5 nitrogen and oxygen atoms in total. The van der Waals surface area contributed by atoms with Gasteiger partial charge in [-0.25, -0.2) is 0 Å². The summed E-state index contributed by atoms with van der Waals surface area (Å²) in [7, 11) is 0. The van der Waals surface area contributed by atoms with Crippen molar-refractivity contribution in [2.45, 2.75) is 13.5 Å².